The van der Waals surface area contributed by atoms with E-state index < -0.39 is 0 Å². The zero-order valence-corrected chi connectivity index (χ0v) is 10.1. The zero-order valence-electron chi connectivity index (χ0n) is 9.37. The van der Waals surface area contributed by atoms with Gasteiger partial charge in [-0.05, 0) is 6.92 Å². The normalized spacial score (nSPS) is 24.5. The van der Waals surface area contributed by atoms with E-state index in [1.54, 1.807) is 6.33 Å². The maximum Gasteiger partial charge on any atom is 0.132 e. The topological polar surface area (TPSA) is 29.0 Å². The second-order valence-electron chi connectivity index (χ2n) is 4.85. The molecule has 1 unspecified atom stereocenters. The lowest BCUT2D eigenvalue weighted by Crippen LogP contribution is -2.24. The maximum atomic E-state index is 6.30. The third-order valence-corrected chi connectivity index (χ3v) is 3.67. The van der Waals surface area contributed by atoms with Gasteiger partial charge in [-0.15, -0.1) is 11.6 Å². The first-order chi connectivity index (χ1) is 6.99. The predicted octanol–water partition coefficient (Wildman–Crippen LogP) is 2.24. The van der Waals surface area contributed by atoms with Crippen molar-refractivity contribution in [2.45, 2.75) is 26.1 Å². The van der Waals surface area contributed by atoms with Gasteiger partial charge in [0, 0.05) is 30.3 Å². The van der Waals surface area contributed by atoms with Crippen molar-refractivity contribution in [3.8, 4) is 0 Å². The van der Waals surface area contributed by atoms with Gasteiger partial charge in [-0.2, -0.15) is 0 Å². The first-order valence-corrected chi connectivity index (χ1v) is 5.60. The van der Waals surface area contributed by atoms with Gasteiger partial charge >= 0.3 is 0 Å². The lowest BCUT2D eigenvalue weighted by Gasteiger charge is -2.21. The summed E-state index contributed by atoms with van der Waals surface area (Å²) in [5.41, 5.74) is 1.15. The molecule has 1 aliphatic heterocycles. The van der Waals surface area contributed by atoms with Gasteiger partial charge in [-0.1, -0.05) is 13.8 Å². The highest BCUT2D eigenvalue weighted by atomic mass is 35.5. The Kier molecular flexibility index (Phi) is 2.59. The van der Waals surface area contributed by atoms with Crippen LogP contribution < -0.4 is 4.90 Å². The van der Waals surface area contributed by atoms with Gasteiger partial charge in [0.15, 0.2) is 0 Å². The molecule has 4 heteroatoms. The van der Waals surface area contributed by atoms with E-state index in [0.29, 0.717) is 0 Å². The van der Waals surface area contributed by atoms with Crippen LogP contribution in [0.3, 0.4) is 0 Å². The highest BCUT2D eigenvalue weighted by Crippen LogP contribution is 2.35. The van der Waals surface area contributed by atoms with Crippen molar-refractivity contribution in [3.63, 3.8) is 0 Å². The van der Waals surface area contributed by atoms with Crippen LogP contribution in [0.1, 0.15) is 19.5 Å². The second-order valence-corrected chi connectivity index (χ2v) is 5.38. The first kappa shape index (κ1) is 10.7. The van der Waals surface area contributed by atoms with Gasteiger partial charge in [0.25, 0.3) is 0 Å². The van der Waals surface area contributed by atoms with Gasteiger partial charge in [0.1, 0.15) is 12.1 Å². The number of aryl methyl sites for hydroxylation is 1. The molecule has 2 rings (SSSR count). The van der Waals surface area contributed by atoms with Crippen molar-refractivity contribution in [3.05, 3.63) is 18.1 Å². The smallest absolute Gasteiger partial charge is 0.132 e. The van der Waals surface area contributed by atoms with E-state index in [4.69, 9.17) is 11.6 Å². The Balaban J connectivity index is 2.21. The summed E-state index contributed by atoms with van der Waals surface area (Å²) < 4.78 is 0. The highest BCUT2D eigenvalue weighted by molar-refractivity contribution is 6.21. The Morgan fingerprint density at radius 3 is 2.73 bits per heavy atom. The zero-order chi connectivity index (χ0) is 11.1. The highest BCUT2D eigenvalue weighted by Gasteiger charge is 2.38. The minimum Gasteiger partial charge on any atom is -0.354 e. The molecular formula is C11H16ClN3. The van der Waals surface area contributed by atoms with Crippen molar-refractivity contribution in [1.29, 1.82) is 0 Å². The maximum absolute atomic E-state index is 6.30. The van der Waals surface area contributed by atoms with Gasteiger partial charge in [-0.25, -0.2) is 9.97 Å². The van der Waals surface area contributed by atoms with Gasteiger partial charge in [-0.3, -0.25) is 0 Å². The van der Waals surface area contributed by atoms with Crippen LogP contribution >= 0.6 is 11.6 Å². The number of hydrogen-bond acceptors (Lipinski definition) is 3. The lowest BCUT2D eigenvalue weighted by atomic mass is 9.92. The number of aromatic nitrogens is 2. The average Bonchev–Trinajstić information content (AvgIpc) is 2.42. The minimum absolute atomic E-state index is 0.153. The van der Waals surface area contributed by atoms with Crippen molar-refractivity contribution < 1.29 is 0 Å². The Morgan fingerprint density at radius 1 is 1.47 bits per heavy atom. The largest absolute Gasteiger partial charge is 0.354 e. The van der Waals surface area contributed by atoms with Crippen molar-refractivity contribution in [2.75, 3.05) is 18.0 Å². The van der Waals surface area contributed by atoms with Crippen LogP contribution in [0.2, 0.25) is 0 Å². The molecule has 0 aliphatic carbocycles. The molecule has 1 aliphatic rings. The fourth-order valence-electron chi connectivity index (χ4n) is 1.88. The van der Waals surface area contributed by atoms with Crippen LogP contribution in [0, 0.1) is 12.3 Å². The molecule has 0 N–H and O–H groups in total. The number of anilines is 1. The Labute approximate surface area is 95.5 Å². The lowest BCUT2D eigenvalue weighted by molar-refractivity contribution is 0.425. The number of hydrogen-bond donors (Lipinski definition) is 0. The molecule has 1 aromatic heterocycles. The molecule has 0 amide bonds. The van der Waals surface area contributed by atoms with E-state index in [0.717, 1.165) is 24.6 Å². The van der Waals surface area contributed by atoms with Crippen LogP contribution in [0.5, 0.6) is 0 Å². The molecule has 1 fully saturated rings. The summed E-state index contributed by atoms with van der Waals surface area (Å²) in [5, 5.41) is 0.188. The van der Waals surface area contributed by atoms with E-state index in [9.17, 15) is 0 Å². The van der Waals surface area contributed by atoms with E-state index >= 15 is 0 Å². The number of nitrogens with zero attached hydrogens (tertiary/aromatic N) is 3. The number of alkyl halides is 1. The van der Waals surface area contributed by atoms with Crippen LogP contribution in [-0.2, 0) is 0 Å². The molecule has 2 heterocycles. The monoisotopic (exact) mass is 225 g/mol. The number of rotatable bonds is 1. The van der Waals surface area contributed by atoms with Gasteiger partial charge in [0.05, 0.1) is 5.38 Å². The van der Waals surface area contributed by atoms with Crippen molar-refractivity contribution >= 4 is 17.4 Å². The summed E-state index contributed by atoms with van der Waals surface area (Å²) in [7, 11) is 0. The molecule has 0 bridgehead atoms. The summed E-state index contributed by atoms with van der Waals surface area (Å²) in [6.45, 7) is 8.19. The fraction of sp³-hybridized carbons (Fsp3) is 0.636. The van der Waals surface area contributed by atoms with E-state index in [-0.39, 0.29) is 10.8 Å². The summed E-state index contributed by atoms with van der Waals surface area (Å²) in [5.74, 6) is 0.985. The summed E-state index contributed by atoms with van der Waals surface area (Å²) in [4.78, 5) is 10.6. The Bertz CT molecular complexity index is 365. The molecule has 1 atom stereocenters. The summed E-state index contributed by atoms with van der Waals surface area (Å²) in [6.07, 6.45) is 1.61. The average molecular weight is 226 g/mol. The first-order valence-electron chi connectivity index (χ1n) is 5.17. The van der Waals surface area contributed by atoms with Gasteiger partial charge < -0.3 is 4.90 Å². The quantitative estimate of drug-likeness (QED) is 0.687. The molecular weight excluding hydrogens is 210 g/mol. The van der Waals surface area contributed by atoms with Crippen molar-refractivity contribution in [1.82, 2.24) is 9.97 Å². The standard InChI is InChI=1S/C11H16ClN3/c1-8-4-10(14-7-13-8)15-5-9(12)11(2,3)6-15/h4,7,9H,5-6H2,1-3H3. The van der Waals surface area contributed by atoms with Crippen LogP contribution in [-0.4, -0.2) is 28.4 Å². The molecule has 82 valence electrons. The van der Waals surface area contributed by atoms with Crippen LogP contribution in [0.4, 0.5) is 5.82 Å². The molecule has 1 saturated heterocycles. The summed E-state index contributed by atoms with van der Waals surface area (Å²) in [6, 6.07) is 2.00. The van der Waals surface area contributed by atoms with Crippen LogP contribution in [0.25, 0.3) is 0 Å². The molecule has 0 saturated carbocycles. The molecule has 15 heavy (non-hydrogen) atoms. The summed E-state index contributed by atoms with van der Waals surface area (Å²) >= 11 is 6.30. The van der Waals surface area contributed by atoms with Crippen LogP contribution in [0.15, 0.2) is 12.4 Å². The van der Waals surface area contributed by atoms with Crippen molar-refractivity contribution in [2.24, 2.45) is 5.41 Å². The molecule has 3 nitrogen and oxygen atoms in total. The SMILES string of the molecule is Cc1cc(N2CC(Cl)C(C)(C)C2)ncn1. The molecule has 1 aromatic rings. The Hall–Kier alpha value is -0.830. The Morgan fingerprint density at radius 2 is 2.20 bits per heavy atom. The van der Waals surface area contributed by atoms with E-state index in [1.165, 1.54) is 0 Å². The predicted molar refractivity (Wildman–Crippen MR) is 62.4 cm³/mol. The molecule has 0 radical (unpaired) electrons. The van der Waals surface area contributed by atoms with E-state index in [2.05, 4.69) is 28.7 Å². The third kappa shape index (κ3) is 2.07. The molecule has 0 spiro atoms. The third-order valence-electron chi connectivity index (χ3n) is 2.94. The minimum atomic E-state index is 0.153. The van der Waals surface area contributed by atoms with Gasteiger partial charge in [0.2, 0.25) is 0 Å². The number of halogens is 1. The fourth-order valence-corrected chi connectivity index (χ4v) is 2.12. The van der Waals surface area contributed by atoms with E-state index in [1.807, 2.05) is 13.0 Å². The molecule has 0 aromatic carbocycles. The second kappa shape index (κ2) is 3.63.